The number of nitrogens with zero attached hydrogens (tertiary/aromatic N) is 5. The molecule has 0 radical (unpaired) electrons. The molecule has 3 heterocycles. The van der Waals surface area contributed by atoms with Crippen LogP contribution >= 0.6 is 0 Å². The predicted octanol–water partition coefficient (Wildman–Crippen LogP) is 0.584. The van der Waals surface area contributed by atoms with E-state index in [1.165, 1.54) is 10.6 Å². The molecule has 2 aliphatic rings. The molecule has 178 valence electrons. The molecule has 33 heavy (non-hydrogen) atoms. The number of hydrogen-bond acceptors (Lipinski definition) is 8. The summed E-state index contributed by atoms with van der Waals surface area (Å²) in [4.78, 5) is 36.7. The van der Waals surface area contributed by atoms with Gasteiger partial charge in [0.1, 0.15) is 12.3 Å². The third-order valence-electron chi connectivity index (χ3n) is 5.99. The minimum absolute atomic E-state index is 0.0334. The van der Waals surface area contributed by atoms with Gasteiger partial charge in [-0.25, -0.2) is 4.98 Å². The van der Waals surface area contributed by atoms with Crippen molar-refractivity contribution in [1.82, 2.24) is 14.5 Å². The van der Waals surface area contributed by atoms with Gasteiger partial charge in [0.15, 0.2) is 0 Å². The van der Waals surface area contributed by atoms with Crippen molar-refractivity contribution in [2.24, 2.45) is 0 Å². The van der Waals surface area contributed by atoms with Crippen molar-refractivity contribution in [2.45, 2.75) is 13.2 Å². The van der Waals surface area contributed by atoms with E-state index in [0.29, 0.717) is 51.0 Å². The molecule has 1 aromatic heterocycles. The molecule has 0 aliphatic carbocycles. The minimum atomic E-state index is -0.247. The van der Waals surface area contributed by atoms with Crippen molar-refractivity contribution in [3.8, 4) is 5.75 Å². The third-order valence-corrected chi connectivity index (χ3v) is 5.99. The number of benzene rings is 1. The molecule has 1 aromatic carbocycles. The lowest BCUT2D eigenvalue weighted by Gasteiger charge is -2.36. The number of piperazine rings is 1. The Hall–Kier alpha value is -3.11. The maximum absolute atomic E-state index is 13.1. The van der Waals surface area contributed by atoms with E-state index in [2.05, 4.69) is 9.88 Å². The zero-order chi connectivity index (χ0) is 23.2. The summed E-state index contributed by atoms with van der Waals surface area (Å²) in [6.07, 6.45) is 0. The molecule has 1 amide bonds. The molecule has 10 nitrogen and oxygen atoms in total. The number of amides is 1. The first kappa shape index (κ1) is 23.1. The number of ether oxygens (including phenoxy) is 3. The number of carbonyl (C=O) groups is 1. The van der Waals surface area contributed by atoms with Crippen molar-refractivity contribution in [2.75, 3.05) is 76.5 Å². The molecule has 0 N–H and O–H groups in total. The molecule has 4 rings (SSSR count). The molecule has 2 aromatic rings. The minimum Gasteiger partial charge on any atom is -0.497 e. The summed E-state index contributed by atoms with van der Waals surface area (Å²) in [5.74, 6) is 1.24. The van der Waals surface area contributed by atoms with E-state index in [0.717, 1.165) is 24.5 Å². The lowest BCUT2D eigenvalue weighted by Crippen LogP contribution is -2.50. The lowest BCUT2D eigenvalue weighted by atomic mass is 10.2. The molecule has 2 aliphatic heterocycles. The van der Waals surface area contributed by atoms with Crippen molar-refractivity contribution in [3.63, 3.8) is 0 Å². The van der Waals surface area contributed by atoms with Crippen molar-refractivity contribution < 1.29 is 19.0 Å². The van der Waals surface area contributed by atoms with E-state index in [-0.39, 0.29) is 24.6 Å². The second kappa shape index (κ2) is 10.7. The van der Waals surface area contributed by atoms with Crippen LogP contribution in [0.25, 0.3) is 0 Å². The number of rotatable bonds is 7. The van der Waals surface area contributed by atoms with Crippen LogP contribution in [-0.2, 0) is 27.4 Å². The summed E-state index contributed by atoms with van der Waals surface area (Å²) in [5, 5.41) is 0. The second-order valence-electron chi connectivity index (χ2n) is 8.07. The smallest absolute Gasteiger partial charge is 0.255 e. The number of anilines is 2. The number of hydrogen-bond donors (Lipinski definition) is 0. The Morgan fingerprint density at radius 3 is 2.33 bits per heavy atom. The average molecular weight is 458 g/mol. The van der Waals surface area contributed by atoms with E-state index in [1.54, 1.807) is 14.2 Å². The summed E-state index contributed by atoms with van der Waals surface area (Å²) in [5.41, 5.74) is 1.41. The maximum atomic E-state index is 13.1. The highest BCUT2D eigenvalue weighted by atomic mass is 16.5. The second-order valence-corrected chi connectivity index (χ2v) is 8.07. The Kier molecular flexibility index (Phi) is 7.46. The van der Waals surface area contributed by atoms with E-state index in [9.17, 15) is 9.59 Å². The van der Waals surface area contributed by atoms with Gasteiger partial charge in [-0.2, -0.15) is 0 Å². The van der Waals surface area contributed by atoms with Crippen LogP contribution < -0.4 is 20.1 Å². The number of aromatic nitrogens is 2. The molecule has 2 fully saturated rings. The zero-order valence-electron chi connectivity index (χ0n) is 19.2. The average Bonchev–Trinajstić information content (AvgIpc) is 2.86. The highest BCUT2D eigenvalue weighted by Gasteiger charge is 2.25. The van der Waals surface area contributed by atoms with Gasteiger partial charge in [0, 0.05) is 58.1 Å². The standard InChI is InChI=1S/C23H31N5O5/c1-31-17-18-15-21(29)28(23(24-18)27-11-13-33-14-12-27)16-22(30)26-9-7-25(8-10-26)19-3-5-20(32-2)6-4-19/h3-6,15H,7-14,16-17H2,1-2H3. The highest BCUT2D eigenvalue weighted by molar-refractivity contribution is 5.76. The van der Waals surface area contributed by atoms with Crippen LogP contribution in [-0.4, -0.2) is 87.1 Å². The predicted molar refractivity (Wildman–Crippen MR) is 124 cm³/mol. The largest absolute Gasteiger partial charge is 0.497 e. The molecule has 0 unspecified atom stereocenters. The molecule has 0 spiro atoms. The Morgan fingerprint density at radius 2 is 1.70 bits per heavy atom. The number of carbonyl (C=O) groups excluding carboxylic acids is 1. The number of morpholine rings is 1. The Bertz CT molecular complexity index is 995. The Balaban J connectivity index is 1.45. The van der Waals surface area contributed by atoms with Crippen LogP contribution in [0.4, 0.5) is 11.6 Å². The first-order valence-corrected chi connectivity index (χ1v) is 11.2. The molecule has 2 saturated heterocycles. The zero-order valence-corrected chi connectivity index (χ0v) is 19.2. The molecule has 10 heteroatoms. The van der Waals surface area contributed by atoms with Gasteiger partial charge in [0.05, 0.1) is 32.6 Å². The fourth-order valence-electron chi connectivity index (χ4n) is 4.16. The monoisotopic (exact) mass is 457 g/mol. The van der Waals surface area contributed by atoms with E-state index in [4.69, 9.17) is 14.2 Å². The van der Waals surface area contributed by atoms with Crippen LogP contribution in [0.2, 0.25) is 0 Å². The van der Waals surface area contributed by atoms with Crippen molar-refractivity contribution >= 4 is 17.5 Å². The summed E-state index contributed by atoms with van der Waals surface area (Å²) in [6, 6.07) is 9.37. The Labute approximate surface area is 193 Å². The van der Waals surface area contributed by atoms with Gasteiger partial charge in [-0.05, 0) is 24.3 Å². The highest BCUT2D eigenvalue weighted by Crippen LogP contribution is 2.21. The van der Waals surface area contributed by atoms with Crippen molar-refractivity contribution in [1.29, 1.82) is 0 Å². The van der Waals surface area contributed by atoms with E-state index in [1.807, 2.05) is 34.1 Å². The van der Waals surface area contributed by atoms with Gasteiger partial charge in [0.2, 0.25) is 11.9 Å². The maximum Gasteiger partial charge on any atom is 0.255 e. The van der Waals surface area contributed by atoms with Crippen LogP contribution in [0.5, 0.6) is 5.75 Å². The molecule has 0 atom stereocenters. The quantitative estimate of drug-likeness (QED) is 0.597. The van der Waals surface area contributed by atoms with Gasteiger partial charge in [-0.15, -0.1) is 0 Å². The summed E-state index contributed by atoms with van der Waals surface area (Å²) >= 11 is 0. The number of methoxy groups -OCH3 is 2. The lowest BCUT2D eigenvalue weighted by molar-refractivity contribution is -0.132. The van der Waals surface area contributed by atoms with Crippen LogP contribution in [0.15, 0.2) is 35.1 Å². The van der Waals surface area contributed by atoms with Gasteiger partial charge in [0.25, 0.3) is 5.56 Å². The van der Waals surface area contributed by atoms with Crippen LogP contribution in [0.1, 0.15) is 5.69 Å². The van der Waals surface area contributed by atoms with Crippen LogP contribution in [0, 0.1) is 0 Å². The molecular weight excluding hydrogens is 426 g/mol. The fraction of sp³-hybridized carbons (Fsp3) is 0.522. The van der Waals surface area contributed by atoms with Gasteiger partial charge in [-0.3, -0.25) is 14.2 Å². The summed E-state index contributed by atoms with van der Waals surface area (Å²) in [7, 11) is 3.21. The topological polar surface area (TPSA) is 89.4 Å². The van der Waals surface area contributed by atoms with E-state index >= 15 is 0 Å². The molecule has 0 saturated carbocycles. The molecular formula is C23H31N5O5. The van der Waals surface area contributed by atoms with Crippen molar-refractivity contribution in [3.05, 3.63) is 46.4 Å². The Morgan fingerprint density at radius 1 is 1.00 bits per heavy atom. The first-order valence-electron chi connectivity index (χ1n) is 11.2. The third kappa shape index (κ3) is 5.45. The molecule has 0 bridgehead atoms. The van der Waals surface area contributed by atoms with Crippen LogP contribution in [0.3, 0.4) is 0 Å². The van der Waals surface area contributed by atoms with Gasteiger partial charge >= 0.3 is 0 Å². The summed E-state index contributed by atoms with van der Waals surface area (Å²) in [6.45, 7) is 5.24. The SMILES string of the molecule is COCc1cc(=O)n(CC(=O)N2CCN(c3ccc(OC)cc3)CC2)c(N2CCOCC2)n1. The fourth-order valence-corrected chi connectivity index (χ4v) is 4.16. The van der Waals surface area contributed by atoms with Gasteiger partial charge in [-0.1, -0.05) is 0 Å². The summed E-state index contributed by atoms with van der Waals surface area (Å²) < 4.78 is 17.3. The first-order chi connectivity index (χ1) is 16.1. The van der Waals surface area contributed by atoms with E-state index < -0.39 is 0 Å². The normalized spacial score (nSPS) is 16.7. The van der Waals surface area contributed by atoms with Gasteiger partial charge < -0.3 is 28.9 Å².